The Morgan fingerprint density at radius 1 is 1.47 bits per heavy atom. The van der Waals surface area contributed by atoms with Crippen LogP contribution in [0.3, 0.4) is 0 Å². The first kappa shape index (κ1) is 15.2. The van der Waals surface area contributed by atoms with Gasteiger partial charge in [0.05, 0.1) is 5.60 Å². The van der Waals surface area contributed by atoms with Crippen molar-refractivity contribution in [2.75, 3.05) is 6.54 Å². The van der Waals surface area contributed by atoms with Crippen molar-refractivity contribution in [3.05, 3.63) is 20.8 Å². The van der Waals surface area contributed by atoms with E-state index in [9.17, 15) is 5.11 Å². The maximum atomic E-state index is 10.2. The fraction of sp³-hybridized carbons (Fsp3) is 0.692. The highest BCUT2D eigenvalue weighted by atomic mass is 79.9. The van der Waals surface area contributed by atoms with E-state index in [1.54, 1.807) is 11.3 Å². The predicted octanol–water partition coefficient (Wildman–Crippen LogP) is 3.96. The third-order valence-electron chi connectivity index (χ3n) is 2.65. The lowest BCUT2D eigenvalue weighted by Gasteiger charge is -2.27. The molecule has 2 atom stereocenters. The summed E-state index contributed by atoms with van der Waals surface area (Å²) in [6.45, 7) is 8.92. The third kappa shape index (κ3) is 5.51. The summed E-state index contributed by atoms with van der Waals surface area (Å²) < 4.78 is 1.13. The second-order valence-corrected chi connectivity index (χ2v) is 7.22. The monoisotopic (exact) mass is 319 g/mol. The van der Waals surface area contributed by atoms with Crippen molar-refractivity contribution in [3.63, 3.8) is 0 Å². The zero-order valence-corrected chi connectivity index (χ0v) is 13.4. The molecular weight excluding hydrogens is 298 g/mol. The van der Waals surface area contributed by atoms with E-state index in [1.807, 2.05) is 6.92 Å². The first-order chi connectivity index (χ1) is 7.80. The van der Waals surface area contributed by atoms with Crippen LogP contribution in [0.2, 0.25) is 0 Å². The van der Waals surface area contributed by atoms with Gasteiger partial charge >= 0.3 is 0 Å². The molecular formula is C13H22BrNOS. The van der Waals surface area contributed by atoms with E-state index in [1.165, 1.54) is 4.88 Å². The molecule has 0 amide bonds. The minimum Gasteiger partial charge on any atom is -0.389 e. The molecule has 1 heterocycles. The van der Waals surface area contributed by atoms with E-state index in [2.05, 4.69) is 53.5 Å². The van der Waals surface area contributed by atoms with E-state index in [4.69, 9.17) is 0 Å². The summed E-state index contributed by atoms with van der Waals surface area (Å²) in [5.41, 5.74) is -0.628. The van der Waals surface area contributed by atoms with Crippen LogP contribution in [-0.4, -0.2) is 17.3 Å². The summed E-state index contributed by atoms with van der Waals surface area (Å²) in [5, 5.41) is 15.7. The number of nitrogens with one attached hydrogen (secondary N) is 1. The van der Waals surface area contributed by atoms with Crippen molar-refractivity contribution in [2.24, 2.45) is 5.92 Å². The van der Waals surface area contributed by atoms with Crippen LogP contribution in [0.4, 0.5) is 0 Å². The summed E-state index contributed by atoms with van der Waals surface area (Å²) >= 11 is 5.19. The van der Waals surface area contributed by atoms with Gasteiger partial charge in [0.15, 0.2) is 0 Å². The number of halogens is 1. The van der Waals surface area contributed by atoms with Gasteiger partial charge in [0, 0.05) is 27.3 Å². The van der Waals surface area contributed by atoms with Crippen LogP contribution in [0.5, 0.6) is 0 Å². The SMILES string of the molecule is CC(C)CC(C)(O)CNC(C)c1cc(Br)cs1. The highest BCUT2D eigenvalue weighted by molar-refractivity contribution is 9.10. The molecule has 1 rings (SSSR count). The van der Waals surface area contributed by atoms with Gasteiger partial charge in [-0.05, 0) is 48.2 Å². The minimum absolute atomic E-state index is 0.282. The normalized spacial score (nSPS) is 17.1. The average molecular weight is 320 g/mol. The Bertz CT molecular complexity index is 349. The second kappa shape index (κ2) is 6.32. The van der Waals surface area contributed by atoms with Crippen molar-refractivity contribution < 1.29 is 5.11 Å². The second-order valence-electron chi connectivity index (χ2n) is 5.36. The molecule has 0 aromatic carbocycles. The summed E-state index contributed by atoms with van der Waals surface area (Å²) in [6, 6.07) is 2.41. The Morgan fingerprint density at radius 2 is 2.12 bits per heavy atom. The van der Waals surface area contributed by atoms with Gasteiger partial charge < -0.3 is 10.4 Å². The molecule has 0 bridgehead atoms. The van der Waals surface area contributed by atoms with Crippen molar-refractivity contribution in [3.8, 4) is 0 Å². The predicted molar refractivity (Wildman–Crippen MR) is 78.5 cm³/mol. The molecule has 0 aliphatic heterocycles. The summed E-state index contributed by atoms with van der Waals surface area (Å²) in [5.74, 6) is 0.512. The summed E-state index contributed by atoms with van der Waals surface area (Å²) in [7, 11) is 0. The van der Waals surface area contributed by atoms with Gasteiger partial charge in [-0.1, -0.05) is 13.8 Å². The molecule has 17 heavy (non-hydrogen) atoms. The van der Waals surface area contributed by atoms with Crippen LogP contribution >= 0.6 is 27.3 Å². The van der Waals surface area contributed by atoms with Gasteiger partial charge in [-0.15, -0.1) is 11.3 Å². The van der Waals surface area contributed by atoms with E-state index in [0.717, 1.165) is 10.9 Å². The first-order valence-corrected chi connectivity index (χ1v) is 7.67. The van der Waals surface area contributed by atoms with Gasteiger partial charge in [0.1, 0.15) is 0 Å². The first-order valence-electron chi connectivity index (χ1n) is 6.00. The van der Waals surface area contributed by atoms with Gasteiger partial charge in [-0.25, -0.2) is 0 Å². The molecule has 2 nitrogen and oxygen atoms in total. The fourth-order valence-electron chi connectivity index (χ4n) is 1.98. The molecule has 0 aliphatic rings. The third-order valence-corrected chi connectivity index (χ3v) is 4.53. The van der Waals surface area contributed by atoms with Crippen LogP contribution < -0.4 is 5.32 Å². The number of aliphatic hydroxyl groups is 1. The van der Waals surface area contributed by atoms with Gasteiger partial charge in [0.2, 0.25) is 0 Å². The molecule has 1 aromatic rings. The largest absolute Gasteiger partial charge is 0.389 e. The zero-order valence-electron chi connectivity index (χ0n) is 11.0. The molecule has 1 aromatic heterocycles. The van der Waals surface area contributed by atoms with E-state index in [-0.39, 0.29) is 6.04 Å². The van der Waals surface area contributed by atoms with Crippen LogP contribution in [0.1, 0.15) is 45.0 Å². The lowest BCUT2D eigenvalue weighted by molar-refractivity contribution is 0.0364. The summed E-state index contributed by atoms with van der Waals surface area (Å²) in [6.07, 6.45) is 0.820. The molecule has 0 spiro atoms. The van der Waals surface area contributed by atoms with Gasteiger partial charge in [0.25, 0.3) is 0 Å². The van der Waals surface area contributed by atoms with Gasteiger partial charge in [-0.3, -0.25) is 0 Å². The Kier molecular flexibility index (Phi) is 5.64. The highest BCUT2D eigenvalue weighted by Crippen LogP contribution is 2.26. The number of hydrogen-bond donors (Lipinski definition) is 2. The van der Waals surface area contributed by atoms with E-state index < -0.39 is 5.60 Å². The average Bonchev–Trinajstić information content (AvgIpc) is 2.59. The van der Waals surface area contributed by atoms with E-state index >= 15 is 0 Å². The van der Waals surface area contributed by atoms with Crippen molar-refractivity contribution in [1.82, 2.24) is 5.32 Å². The minimum atomic E-state index is -0.628. The van der Waals surface area contributed by atoms with Gasteiger partial charge in [-0.2, -0.15) is 0 Å². The maximum Gasteiger partial charge on any atom is 0.0746 e. The zero-order chi connectivity index (χ0) is 13.1. The Morgan fingerprint density at radius 3 is 2.59 bits per heavy atom. The molecule has 0 fully saturated rings. The van der Waals surface area contributed by atoms with Crippen molar-refractivity contribution in [2.45, 2.75) is 45.8 Å². The molecule has 0 aliphatic carbocycles. The molecule has 0 radical (unpaired) electrons. The maximum absolute atomic E-state index is 10.2. The smallest absolute Gasteiger partial charge is 0.0746 e. The number of hydrogen-bond acceptors (Lipinski definition) is 3. The quantitative estimate of drug-likeness (QED) is 0.831. The standard InChI is InChI=1S/C13H22BrNOS/c1-9(2)6-13(4,16)8-15-10(3)12-5-11(14)7-17-12/h5,7,9-10,15-16H,6,8H2,1-4H3. The number of thiophene rings is 1. The molecule has 4 heteroatoms. The van der Waals surface area contributed by atoms with Crippen LogP contribution in [0, 0.1) is 5.92 Å². The van der Waals surface area contributed by atoms with Crippen LogP contribution in [-0.2, 0) is 0 Å². The topological polar surface area (TPSA) is 32.3 Å². The molecule has 0 saturated heterocycles. The lowest BCUT2D eigenvalue weighted by atomic mass is 9.94. The molecule has 2 N–H and O–H groups in total. The molecule has 98 valence electrons. The number of rotatable bonds is 6. The Balaban J connectivity index is 2.45. The fourth-order valence-corrected chi connectivity index (χ4v) is 3.46. The van der Waals surface area contributed by atoms with Crippen molar-refractivity contribution in [1.29, 1.82) is 0 Å². The van der Waals surface area contributed by atoms with Crippen LogP contribution in [0.15, 0.2) is 15.9 Å². The summed E-state index contributed by atoms with van der Waals surface area (Å²) in [4.78, 5) is 1.29. The van der Waals surface area contributed by atoms with Crippen LogP contribution in [0.25, 0.3) is 0 Å². The lowest BCUT2D eigenvalue weighted by Crippen LogP contribution is -2.39. The highest BCUT2D eigenvalue weighted by Gasteiger charge is 2.22. The Hall–Kier alpha value is 0.1000. The molecule has 2 unspecified atom stereocenters. The Labute approximate surface area is 117 Å². The van der Waals surface area contributed by atoms with E-state index in [0.29, 0.717) is 12.5 Å². The van der Waals surface area contributed by atoms with Crippen molar-refractivity contribution >= 4 is 27.3 Å². The molecule has 0 saturated carbocycles.